The summed E-state index contributed by atoms with van der Waals surface area (Å²) < 4.78 is 28.8. The van der Waals surface area contributed by atoms with Gasteiger partial charge in [-0.15, -0.1) is 0 Å². The minimum absolute atomic E-state index is 0.0587. The highest BCUT2D eigenvalue weighted by atomic mass is 16.7. The van der Waals surface area contributed by atoms with Crippen molar-refractivity contribution in [1.29, 1.82) is 0 Å². The topological polar surface area (TPSA) is 100 Å². The van der Waals surface area contributed by atoms with E-state index in [0.29, 0.717) is 25.8 Å². The van der Waals surface area contributed by atoms with Crippen molar-refractivity contribution in [2.24, 2.45) is 0 Å². The van der Waals surface area contributed by atoms with Crippen molar-refractivity contribution in [3.63, 3.8) is 0 Å². The molecule has 270 valence electrons. The van der Waals surface area contributed by atoms with Crippen LogP contribution >= 0.6 is 0 Å². The Morgan fingerprint density at radius 1 is 0.902 bits per heavy atom. The zero-order valence-electron chi connectivity index (χ0n) is 29.8. The molecule has 1 N–H and O–H groups in total. The van der Waals surface area contributed by atoms with Crippen LogP contribution in [0.4, 0.5) is 11.6 Å². The summed E-state index contributed by atoms with van der Waals surface area (Å²) >= 11 is 0. The van der Waals surface area contributed by atoms with Gasteiger partial charge >= 0.3 is 0 Å². The summed E-state index contributed by atoms with van der Waals surface area (Å²) in [6.07, 6.45) is 13.6. The predicted octanol–water partition coefficient (Wildman–Crippen LogP) is 7.82. The van der Waals surface area contributed by atoms with Crippen molar-refractivity contribution in [3.8, 4) is 5.75 Å². The van der Waals surface area contributed by atoms with Crippen LogP contribution in [0.15, 0.2) is 60.8 Å². The third-order valence-electron chi connectivity index (χ3n) is 10.6. The highest BCUT2D eigenvalue weighted by Gasteiger charge is 2.27. The maximum atomic E-state index is 6.36. The van der Waals surface area contributed by atoms with Gasteiger partial charge in [0.15, 0.2) is 11.9 Å². The van der Waals surface area contributed by atoms with Crippen molar-refractivity contribution >= 4 is 28.3 Å². The summed E-state index contributed by atoms with van der Waals surface area (Å²) in [7, 11) is 0. The van der Waals surface area contributed by atoms with E-state index in [1.807, 2.05) is 35.0 Å². The van der Waals surface area contributed by atoms with Crippen LogP contribution in [0.25, 0.3) is 16.7 Å². The molecule has 3 atom stereocenters. The minimum atomic E-state index is -0.0790. The number of nitrogens with one attached hydrogen (secondary N) is 1. The summed E-state index contributed by atoms with van der Waals surface area (Å²) in [5.41, 5.74) is 5.13. The Hall–Kier alpha value is -4.19. The van der Waals surface area contributed by atoms with Crippen LogP contribution in [0.3, 0.4) is 0 Å². The standard InChI is InChI=1S/C40H51N7O4/c1-2-30-26-42-47-35(25-36(44-40(30)47)45-20-9-6-14-31(45)19-23-50-39-16-8-11-22-49-39)41-27-37-43-33-18-17-32(51-28-29-12-4-3-5-13-29)24-34(33)46(37)38-15-7-10-21-48-38/h3-5,12-13,17-18,24-26,31,38-39,41H,2,6-11,14-16,19-23,27-28H2,1H3/t31-,38?,39?/m0/s1. The van der Waals surface area contributed by atoms with Crippen LogP contribution in [-0.2, 0) is 33.8 Å². The number of imidazole rings is 1. The first-order valence-electron chi connectivity index (χ1n) is 19.1. The molecule has 2 aromatic carbocycles. The maximum absolute atomic E-state index is 6.36. The molecule has 0 amide bonds. The number of fused-ring (bicyclic) bond motifs is 2. The van der Waals surface area contributed by atoms with E-state index < -0.39 is 0 Å². The van der Waals surface area contributed by atoms with Crippen molar-refractivity contribution in [1.82, 2.24) is 24.1 Å². The highest BCUT2D eigenvalue weighted by Crippen LogP contribution is 2.33. The van der Waals surface area contributed by atoms with E-state index in [1.54, 1.807) is 0 Å². The van der Waals surface area contributed by atoms with Gasteiger partial charge in [0, 0.05) is 43.5 Å². The molecule has 5 aromatic rings. The van der Waals surface area contributed by atoms with E-state index in [4.69, 9.17) is 34.0 Å². The third kappa shape index (κ3) is 7.71. The van der Waals surface area contributed by atoms with Crippen molar-refractivity contribution in [3.05, 3.63) is 77.7 Å². The second kappa shape index (κ2) is 16.0. The Morgan fingerprint density at radius 3 is 2.59 bits per heavy atom. The van der Waals surface area contributed by atoms with Gasteiger partial charge in [0.1, 0.15) is 36.0 Å². The van der Waals surface area contributed by atoms with Gasteiger partial charge in [-0.2, -0.15) is 9.61 Å². The molecule has 2 unspecified atom stereocenters. The molecule has 8 rings (SSSR count). The molecule has 11 nitrogen and oxygen atoms in total. The summed E-state index contributed by atoms with van der Waals surface area (Å²) in [4.78, 5) is 12.9. The molecular formula is C40H51N7O4. The van der Waals surface area contributed by atoms with Gasteiger partial charge in [-0.25, -0.2) is 9.97 Å². The monoisotopic (exact) mass is 693 g/mol. The van der Waals surface area contributed by atoms with Gasteiger partial charge in [-0.1, -0.05) is 37.3 Å². The average Bonchev–Trinajstić information content (AvgIpc) is 3.78. The molecule has 3 saturated heterocycles. The number of benzene rings is 2. The first-order valence-corrected chi connectivity index (χ1v) is 19.1. The zero-order valence-corrected chi connectivity index (χ0v) is 29.8. The molecule has 0 saturated carbocycles. The summed E-state index contributed by atoms with van der Waals surface area (Å²) in [6, 6.07) is 19.0. The zero-order chi connectivity index (χ0) is 34.4. The number of aryl methyl sites for hydroxylation is 1. The minimum Gasteiger partial charge on any atom is -0.489 e. The SMILES string of the molecule is CCc1cnn2c(NCc3nc4ccc(OCc5ccccc5)cc4n3C3CCCCO3)cc(N3CCCC[C@H]3CCOC3CCCCO3)nc12. The first kappa shape index (κ1) is 33.9. The fraction of sp³-hybridized carbons (Fsp3) is 0.525. The van der Waals surface area contributed by atoms with Crippen LogP contribution in [-0.4, -0.2) is 62.8 Å². The average molecular weight is 694 g/mol. The molecule has 0 radical (unpaired) electrons. The Bertz CT molecular complexity index is 1880. The van der Waals surface area contributed by atoms with Crippen LogP contribution < -0.4 is 15.0 Å². The molecule has 0 bridgehead atoms. The second-order valence-corrected chi connectivity index (χ2v) is 14.1. The molecule has 3 aromatic heterocycles. The molecule has 3 fully saturated rings. The molecule has 6 heterocycles. The number of aromatic nitrogens is 5. The fourth-order valence-corrected chi connectivity index (χ4v) is 7.79. The van der Waals surface area contributed by atoms with E-state index in [2.05, 4.69) is 52.0 Å². The van der Waals surface area contributed by atoms with Crippen LogP contribution in [0.1, 0.15) is 94.3 Å². The van der Waals surface area contributed by atoms with Gasteiger partial charge in [-0.05, 0) is 88.3 Å². The summed E-state index contributed by atoms with van der Waals surface area (Å²) in [5, 5.41) is 8.54. The molecule has 3 aliphatic heterocycles. The third-order valence-corrected chi connectivity index (χ3v) is 10.6. The lowest BCUT2D eigenvalue weighted by atomic mass is 9.99. The van der Waals surface area contributed by atoms with Gasteiger partial charge < -0.3 is 29.2 Å². The van der Waals surface area contributed by atoms with Crippen molar-refractivity contribution in [2.45, 2.75) is 109 Å². The van der Waals surface area contributed by atoms with Gasteiger partial charge in [0.25, 0.3) is 0 Å². The Morgan fingerprint density at radius 2 is 1.76 bits per heavy atom. The number of nitrogens with zero attached hydrogens (tertiary/aromatic N) is 6. The molecule has 11 heteroatoms. The number of ether oxygens (including phenoxy) is 4. The predicted molar refractivity (Wildman–Crippen MR) is 198 cm³/mol. The van der Waals surface area contributed by atoms with E-state index in [1.165, 1.54) is 12.8 Å². The van der Waals surface area contributed by atoms with Crippen LogP contribution in [0, 0.1) is 0 Å². The lowest BCUT2D eigenvalue weighted by molar-refractivity contribution is -0.163. The van der Waals surface area contributed by atoms with E-state index in [0.717, 1.165) is 129 Å². The largest absolute Gasteiger partial charge is 0.489 e. The maximum Gasteiger partial charge on any atom is 0.162 e. The van der Waals surface area contributed by atoms with E-state index >= 15 is 0 Å². The van der Waals surface area contributed by atoms with Crippen molar-refractivity contribution < 1.29 is 18.9 Å². The lowest BCUT2D eigenvalue weighted by Gasteiger charge is -2.37. The molecule has 0 aliphatic carbocycles. The number of piperidine rings is 1. The first-order chi connectivity index (χ1) is 25.2. The van der Waals surface area contributed by atoms with E-state index in [-0.39, 0.29) is 12.5 Å². The van der Waals surface area contributed by atoms with Gasteiger partial charge in [-0.3, -0.25) is 4.57 Å². The Kier molecular flexibility index (Phi) is 10.6. The molecule has 0 spiro atoms. The normalized spacial score (nSPS) is 21.4. The Labute approximate surface area is 300 Å². The molecule has 3 aliphatic rings. The fourth-order valence-electron chi connectivity index (χ4n) is 7.79. The van der Waals surface area contributed by atoms with Gasteiger partial charge in [0.2, 0.25) is 0 Å². The van der Waals surface area contributed by atoms with Crippen molar-refractivity contribution in [2.75, 3.05) is 36.6 Å². The smallest absolute Gasteiger partial charge is 0.162 e. The highest BCUT2D eigenvalue weighted by molar-refractivity contribution is 5.78. The summed E-state index contributed by atoms with van der Waals surface area (Å²) in [6.45, 7) is 6.41. The number of hydrogen-bond donors (Lipinski definition) is 1. The van der Waals surface area contributed by atoms with E-state index in [9.17, 15) is 0 Å². The number of rotatable bonds is 13. The summed E-state index contributed by atoms with van der Waals surface area (Å²) in [5.74, 6) is 3.63. The molecular weight excluding hydrogens is 642 g/mol. The lowest BCUT2D eigenvalue weighted by Crippen LogP contribution is -2.41. The second-order valence-electron chi connectivity index (χ2n) is 14.1. The quantitative estimate of drug-likeness (QED) is 0.132. The van der Waals surface area contributed by atoms with Gasteiger partial charge in [0.05, 0.1) is 30.4 Å². The van der Waals surface area contributed by atoms with Crippen LogP contribution in [0.5, 0.6) is 5.75 Å². The number of hydrogen-bond acceptors (Lipinski definition) is 9. The molecule has 51 heavy (non-hydrogen) atoms. The Balaban J connectivity index is 1.06. The number of anilines is 2. The van der Waals surface area contributed by atoms with Crippen LogP contribution in [0.2, 0.25) is 0 Å².